The lowest BCUT2D eigenvalue weighted by Crippen LogP contribution is -2.41. The summed E-state index contributed by atoms with van der Waals surface area (Å²) in [5, 5.41) is 0.545. The number of carbonyl (C=O) groups is 1. The smallest absolute Gasteiger partial charge is 0.261 e. The minimum Gasteiger partial charge on any atom is -0.334 e. The summed E-state index contributed by atoms with van der Waals surface area (Å²) in [5.41, 5.74) is 2.54. The highest BCUT2D eigenvalue weighted by atomic mass is 16.2. The van der Waals surface area contributed by atoms with Crippen LogP contribution in [0, 0.1) is 6.92 Å². The van der Waals surface area contributed by atoms with Crippen molar-refractivity contribution in [3.8, 4) is 0 Å². The van der Waals surface area contributed by atoms with E-state index in [-0.39, 0.29) is 24.1 Å². The summed E-state index contributed by atoms with van der Waals surface area (Å²) in [6.45, 7) is 6.54. The number of amides is 1. The lowest BCUT2D eigenvalue weighted by Gasteiger charge is -2.29. The van der Waals surface area contributed by atoms with Crippen molar-refractivity contribution < 1.29 is 4.79 Å². The van der Waals surface area contributed by atoms with Crippen LogP contribution < -0.4 is 5.56 Å². The van der Waals surface area contributed by atoms with Crippen LogP contribution in [0.2, 0.25) is 0 Å². The molecule has 0 aliphatic rings. The Bertz CT molecular complexity index is 995. The molecule has 0 fully saturated rings. The number of hydrogen-bond donors (Lipinski definition) is 0. The standard InChI is InChI=1S/C22H25N3O2/c1-4-17(3)25(13-18-10-6-5-7-11-18)20(26)14-24-15-23-21-16(2)9-8-12-19(21)22(24)27/h5-12,15,17H,4,13-14H2,1-3H3. The second kappa shape index (κ2) is 8.16. The molecule has 0 saturated carbocycles. The molecule has 0 spiro atoms. The lowest BCUT2D eigenvalue weighted by molar-refractivity contribution is -0.134. The molecule has 1 unspecified atom stereocenters. The van der Waals surface area contributed by atoms with E-state index in [0.717, 1.165) is 17.5 Å². The Balaban J connectivity index is 1.88. The highest BCUT2D eigenvalue weighted by Gasteiger charge is 2.20. The Morgan fingerprint density at radius 1 is 1.15 bits per heavy atom. The zero-order chi connectivity index (χ0) is 19.4. The van der Waals surface area contributed by atoms with Crippen LogP contribution in [0.25, 0.3) is 10.9 Å². The van der Waals surface area contributed by atoms with Crippen LogP contribution in [0.1, 0.15) is 31.4 Å². The van der Waals surface area contributed by atoms with Crippen LogP contribution in [-0.2, 0) is 17.9 Å². The average Bonchev–Trinajstić information content (AvgIpc) is 2.69. The van der Waals surface area contributed by atoms with Crippen molar-refractivity contribution in [1.29, 1.82) is 0 Å². The summed E-state index contributed by atoms with van der Waals surface area (Å²) in [6.07, 6.45) is 2.33. The summed E-state index contributed by atoms with van der Waals surface area (Å²) in [6, 6.07) is 15.5. The van der Waals surface area contributed by atoms with Gasteiger partial charge in [0.05, 0.1) is 17.2 Å². The van der Waals surface area contributed by atoms with E-state index < -0.39 is 0 Å². The number of hydrogen-bond acceptors (Lipinski definition) is 3. The average molecular weight is 363 g/mol. The minimum atomic E-state index is -0.180. The number of aromatic nitrogens is 2. The van der Waals surface area contributed by atoms with Gasteiger partial charge in [-0.1, -0.05) is 49.4 Å². The number of aryl methyl sites for hydroxylation is 1. The molecule has 1 heterocycles. The third-order valence-corrected chi connectivity index (χ3v) is 5.00. The Labute approximate surface area is 159 Å². The van der Waals surface area contributed by atoms with Crippen molar-refractivity contribution in [1.82, 2.24) is 14.5 Å². The number of fused-ring (bicyclic) bond motifs is 1. The third-order valence-electron chi connectivity index (χ3n) is 5.00. The molecule has 1 amide bonds. The highest BCUT2D eigenvalue weighted by Crippen LogP contribution is 2.13. The van der Waals surface area contributed by atoms with Gasteiger partial charge in [-0.25, -0.2) is 4.98 Å². The van der Waals surface area contributed by atoms with Crippen molar-refractivity contribution in [3.63, 3.8) is 0 Å². The molecule has 0 radical (unpaired) electrons. The minimum absolute atomic E-state index is 0.00705. The number of nitrogens with zero attached hydrogens (tertiary/aromatic N) is 3. The second-order valence-corrected chi connectivity index (χ2v) is 6.91. The van der Waals surface area contributed by atoms with Gasteiger partial charge in [0.1, 0.15) is 6.54 Å². The van der Waals surface area contributed by atoms with E-state index in [1.165, 1.54) is 10.9 Å². The van der Waals surface area contributed by atoms with Crippen molar-refractivity contribution in [3.05, 3.63) is 76.3 Å². The van der Waals surface area contributed by atoms with Crippen LogP contribution in [0.5, 0.6) is 0 Å². The van der Waals surface area contributed by atoms with Crippen LogP contribution in [0.4, 0.5) is 0 Å². The maximum absolute atomic E-state index is 13.0. The largest absolute Gasteiger partial charge is 0.334 e. The van der Waals surface area contributed by atoms with Gasteiger partial charge >= 0.3 is 0 Å². The number of carbonyl (C=O) groups excluding carboxylic acids is 1. The molecule has 140 valence electrons. The predicted molar refractivity (Wildman–Crippen MR) is 107 cm³/mol. The molecule has 1 atom stereocenters. The fraction of sp³-hybridized carbons (Fsp3) is 0.318. The Hall–Kier alpha value is -2.95. The fourth-order valence-electron chi connectivity index (χ4n) is 3.18. The van der Waals surface area contributed by atoms with Gasteiger partial charge in [0, 0.05) is 12.6 Å². The van der Waals surface area contributed by atoms with Crippen molar-refractivity contribution in [2.45, 2.75) is 46.3 Å². The van der Waals surface area contributed by atoms with Crippen molar-refractivity contribution in [2.75, 3.05) is 0 Å². The summed E-state index contributed by atoms with van der Waals surface area (Å²) >= 11 is 0. The van der Waals surface area contributed by atoms with Gasteiger partial charge in [-0.15, -0.1) is 0 Å². The first kappa shape index (κ1) is 18.8. The second-order valence-electron chi connectivity index (χ2n) is 6.91. The van der Waals surface area contributed by atoms with Crippen LogP contribution in [0.15, 0.2) is 59.7 Å². The van der Waals surface area contributed by atoms with Crippen LogP contribution >= 0.6 is 0 Å². The summed E-state index contributed by atoms with van der Waals surface area (Å²) < 4.78 is 1.41. The van der Waals surface area contributed by atoms with E-state index in [0.29, 0.717) is 17.4 Å². The van der Waals surface area contributed by atoms with Crippen LogP contribution in [-0.4, -0.2) is 26.4 Å². The first-order valence-corrected chi connectivity index (χ1v) is 9.29. The SMILES string of the molecule is CCC(C)N(Cc1ccccc1)C(=O)Cn1cnc2c(C)cccc2c1=O. The third kappa shape index (κ3) is 4.08. The fourth-order valence-corrected chi connectivity index (χ4v) is 3.18. The Morgan fingerprint density at radius 3 is 2.59 bits per heavy atom. The van der Waals surface area contributed by atoms with E-state index in [9.17, 15) is 9.59 Å². The molecule has 1 aromatic heterocycles. The van der Waals surface area contributed by atoms with Gasteiger partial charge in [0.25, 0.3) is 5.56 Å². The molecular weight excluding hydrogens is 338 g/mol. The Kier molecular flexibility index (Phi) is 5.69. The molecule has 0 aliphatic carbocycles. The maximum atomic E-state index is 13.0. The van der Waals surface area contributed by atoms with E-state index >= 15 is 0 Å². The molecular formula is C22H25N3O2. The number of para-hydroxylation sites is 1. The maximum Gasteiger partial charge on any atom is 0.261 e. The molecule has 0 aliphatic heterocycles. The molecule has 0 bridgehead atoms. The zero-order valence-electron chi connectivity index (χ0n) is 16.1. The zero-order valence-corrected chi connectivity index (χ0v) is 16.1. The van der Waals surface area contributed by atoms with Gasteiger partial charge < -0.3 is 4.90 Å². The van der Waals surface area contributed by atoms with Crippen molar-refractivity contribution >= 4 is 16.8 Å². The van der Waals surface area contributed by atoms with Crippen molar-refractivity contribution in [2.24, 2.45) is 0 Å². The molecule has 0 saturated heterocycles. The predicted octanol–water partition coefficient (Wildman–Crippen LogP) is 3.53. The quantitative estimate of drug-likeness (QED) is 0.673. The number of rotatable bonds is 6. The molecule has 0 N–H and O–H groups in total. The van der Waals surface area contributed by atoms with Gasteiger partial charge in [0.15, 0.2) is 0 Å². The molecule has 27 heavy (non-hydrogen) atoms. The van der Waals surface area contributed by atoms with E-state index in [4.69, 9.17) is 0 Å². The van der Waals surface area contributed by atoms with E-state index in [1.54, 1.807) is 6.07 Å². The molecule has 3 rings (SSSR count). The van der Waals surface area contributed by atoms with Gasteiger partial charge in [-0.05, 0) is 37.5 Å². The molecule has 2 aromatic carbocycles. The van der Waals surface area contributed by atoms with Gasteiger partial charge in [0.2, 0.25) is 5.91 Å². The summed E-state index contributed by atoms with van der Waals surface area (Å²) in [4.78, 5) is 32.0. The number of benzene rings is 2. The molecule has 5 nitrogen and oxygen atoms in total. The normalized spacial score (nSPS) is 12.1. The van der Waals surface area contributed by atoms with Gasteiger partial charge in [-0.3, -0.25) is 14.2 Å². The summed E-state index contributed by atoms with van der Waals surface area (Å²) in [7, 11) is 0. The first-order chi connectivity index (χ1) is 13.0. The first-order valence-electron chi connectivity index (χ1n) is 9.29. The summed E-state index contributed by atoms with van der Waals surface area (Å²) in [5.74, 6) is -0.0795. The van der Waals surface area contributed by atoms with E-state index in [1.807, 2.05) is 61.2 Å². The molecule has 3 aromatic rings. The van der Waals surface area contributed by atoms with Gasteiger partial charge in [-0.2, -0.15) is 0 Å². The van der Waals surface area contributed by atoms with E-state index in [2.05, 4.69) is 11.9 Å². The lowest BCUT2D eigenvalue weighted by atomic mass is 10.1. The Morgan fingerprint density at radius 2 is 1.89 bits per heavy atom. The molecule has 5 heteroatoms. The topological polar surface area (TPSA) is 55.2 Å². The van der Waals surface area contributed by atoms with Crippen LogP contribution in [0.3, 0.4) is 0 Å². The highest BCUT2D eigenvalue weighted by molar-refractivity contribution is 5.81. The monoisotopic (exact) mass is 363 g/mol.